The van der Waals surface area contributed by atoms with Gasteiger partial charge in [0.05, 0.1) is 5.56 Å². The van der Waals surface area contributed by atoms with Crippen LogP contribution in [0.3, 0.4) is 0 Å². The van der Waals surface area contributed by atoms with Crippen LogP contribution in [-0.4, -0.2) is 39.8 Å². The van der Waals surface area contributed by atoms with Gasteiger partial charge in [-0.3, -0.25) is 19.5 Å². The summed E-state index contributed by atoms with van der Waals surface area (Å²) in [6, 6.07) is 4.35. The number of amides is 2. The summed E-state index contributed by atoms with van der Waals surface area (Å²) in [6.07, 6.45) is 5.63. The highest BCUT2D eigenvalue weighted by Gasteiger charge is 2.45. The first kappa shape index (κ1) is 11.1. The molecule has 2 unspecified atom stereocenters. The molecule has 5 nitrogen and oxygen atoms in total. The third-order valence-electron chi connectivity index (χ3n) is 4.49. The Morgan fingerprint density at radius 2 is 1.89 bits per heavy atom. The maximum absolute atomic E-state index is 12.4. The SMILES string of the molecule is O=C1c2cccnc2C(=O)N1C1CC2CCC(C1)N2. The first-order chi connectivity index (χ1) is 9.24. The monoisotopic (exact) mass is 257 g/mol. The third kappa shape index (κ3) is 1.54. The number of hydrogen-bond acceptors (Lipinski definition) is 4. The van der Waals surface area contributed by atoms with Gasteiger partial charge >= 0.3 is 0 Å². The van der Waals surface area contributed by atoms with Gasteiger partial charge in [0.25, 0.3) is 11.8 Å². The minimum atomic E-state index is -0.216. The van der Waals surface area contributed by atoms with Crippen molar-refractivity contribution in [3.8, 4) is 0 Å². The smallest absolute Gasteiger partial charge is 0.280 e. The number of carbonyl (C=O) groups excluding carboxylic acids is 2. The summed E-state index contributed by atoms with van der Waals surface area (Å²) in [7, 11) is 0. The van der Waals surface area contributed by atoms with E-state index in [2.05, 4.69) is 10.3 Å². The predicted molar refractivity (Wildman–Crippen MR) is 67.7 cm³/mol. The molecular formula is C14H15N3O2. The Bertz CT molecular complexity index is 525. The fraction of sp³-hybridized carbons (Fsp3) is 0.500. The molecule has 19 heavy (non-hydrogen) atoms. The number of fused-ring (bicyclic) bond motifs is 3. The molecule has 0 spiro atoms. The number of nitrogens with zero attached hydrogens (tertiary/aromatic N) is 2. The topological polar surface area (TPSA) is 62.3 Å². The van der Waals surface area contributed by atoms with Crippen molar-refractivity contribution in [2.75, 3.05) is 0 Å². The molecule has 4 rings (SSSR count). The molecule has 0 saturated carbocycles. The molecule has 2 bridgehead atoms. The number of carbonyl (C=O) groups is 2. The second-order valence-electron chi connectivity index (χ2n) is 5.64. The van der Waals surface area contributed by atoms with Crippen molar-refractivity contribution in [3.63, 3.8) is 0 Å². The summed E-state index contributed by atoms with van der Waals surface area (Å²) >= 11 is 0. The fourth-order valence-electron chi connectivity index (χ4n) is 3.65. The zero-order valence-electron chi connectivity index (χ0n) is 10.5. The second-order valence-corrected chi connectivity index (χ2v) is 5.64. The van der Waals surface area contributed by atoms with Crippen LogP contribution in [0.25, 0.3) is 0 Å². The van der Waals surface area contributed by atoms with Gasteiger partial charge in [0.1, 0.15) is 5.69 Å². The van der Waals surface area contributed by atoms with E-state index in [4.69, 9.17) is 0 Å². The Morgan fingerprint density at radius 1 is 1.16 bits per heavy atom. The first-order valence-corrected chi connectivity index (χ1v) is 6.83. The van der Waals surface area contributed by atoms with Gasteiger partial charge in [-0.2, -0.15) is 0 Å². The molecule has 2 atom stereocenters. The van der Waals surface area contributed by atoms with Crippen molar-refractivity contribution < 1.29 is 9.59 Å². The van der Waals surface area contributed by atoms with Crippen molar-refractivity contribution >= 4 is 11.8 Å². The standard InChI is InChI=1S/C14H15N3O2/c18-13-11-2-1-5-15-12(11)14(19)17(13)10-6-8-3-4-9(7-10)16-8/h1-2,5,8-10,16H,3-4,6-7H2. The molecule has 1 aromatic heterocycles. The van der Waals surface area contributed by atoms with Crippen LogP contribution >= 0.6 is 0 Å². The van der Waals surface area contributed by atoms with E-state index < -0.39 is 0 Å². The van der Waals surface area contributed by atoms with Gasteiger partial charge in [-0.05, 0) is 37.8 Å². The highest BCUT2D eigenvalue weighted by atomic mass is 16.2. The van der Waals surface area contributed by atoms with Crippen molar-refractivity contribution in [2.24, 2.45) is 0 Å². The largest absolute Gasteiger partial charge is 0.311 e. The number of rotatable bonds is 1. The van der Waals surface area contributed by atoms with Gasteiger partial charge in [0.15, 0.2) is 0 Å². The average Bonchev–Trinajstić information content (AvgIpc) is 2.89. The molecule has 98 valence electrons. The van der Waals surface area contributed by atoms with Crippen LogP contribution in [0.15, 0.2) is 18.3 Å². The molecule has 4 heterocycles. The molecule has 0 aromatic carbocycles. The van der Waals surface area contributed by atoms with Gasteiger partial charge in [-0.1, -0.05) is 0 Å². The van der Waals surface area contributed by atoms with E-state index in [0.29, 0.717) is 23.3 Å². The first-order valence-electron chi connectivity index (χ1n) is 6.83. The molecule has 3 aliphatic heterocycles. The quantitative estimate of drug-likeness (QED) is 0.761. The zero-order valence-corrected chi connectivity index (χ0v) is 10.5. The van der Waals surface area contributed by atoms with Gasteiger partial charge in [-0.15, -0.1) is 0 Å². The molecule has 2 amide bonds. The minimum absolute atomic E-state index is 0.0351. The molecule has 2 fully saturated rings. The Kier molecular flexibility index (Phi) is 2.26. The summed E-state index contributed by atoms with van der Waals surface area (Å²) in [4.78, 5) is 30.3. The molecule has 0 radical (unpaired) electrons. The predicted octanol–water partition coefficient (Wildman–Crippen LogP) is 0.961. The lowest BCUT2D eigenvalue weighted by atomic mass is 9.98. The lowest BCUT2D eigenvalue weighted by molar-refractivity contribution is 0.0534. The third-order valence-corrected chi connectivity index (χ3v) is 4.49. The number of pyridine rings is 1. The molecule has 2 saturated heterocycles. The Balaban J connectivity index is 1.67. The molecule has 5 heteroatoms. The summed E-state index contributed by atoms with van der Waals surface area (Å²) in [5.41, 5.74) is 0.775. The number of nitrogens with one attached hydrogen (secondary N) is 1. The highest BCUT2D eigenvalue weighted by molar-refractivity contribution is 6.20. The van der Waals surface area contributed by atoms with Gasteiger partial charge in [-0.25, -0.2) is 0 Å². The van der Waals surface area contributed by atoms with Gasteiger partial charge in [0.2, 0.25) is 0 Å². The van der Waals surface area contributed by atoms with Crippen LogP contribution in [0, 0.1) is 0 Å². The average molecular weight is 257 g/mol. The zero-order chi connectivity index (χ0) is 13.0. The van der Waals surface area contributed by atoms with Crippen LogP contribution in [0.5, 0.6) is 0 Å². The highest BCUT2D eigenvalue weighted by Crippen LogP contribution is 2.33. The number of hydrogen-bond donors (Lipinski definition) is 1. The van der Waals surface area contributed by atoms with E-state index in [1.165, 1.54) is 4.90 Å². The maximum Gasteiger partial charge on any atom is 0.280 e. The van der Waals surface area contributed by atoms with Crippen molar-refractivity contribution in [2.45, 2.75) is 43.8 Å². The van der Waals surface area contributed by atoms with E-state index >= 15 is 0 Å². The summed E-state index contributed by atoms with van der Waals surface area (Å²) in [5.74, 6) is -0.383. The maximum atomic E-state index is 12.4. The Labute approximate surface area is 111 Å². The lowest BCUT2D eigenvalue weighted by Crippen LogP contribution is -2.50. The Morgan fingerprint density at radius 3 is 2.58 bits per heavy atom. The van der Waals surface area contributed by atoms with E-state index in [9.17, 15) is 9.59 Å². The minimum Gasteiger partial charge on any atom is -0.311 e. The van der Waals surface area contributed by atoms with E-state index in [-0.39, 0.29) is 17.9 Å². The van der Waals surface area contributed by atoms with Crippen LogP contribution in [0.4, 0.5) is 0 Å². The molecule has 3 aliphatic rings. The van der Waals surface area contributed by atoms with E-state index in [1.807, 2.05) is 0 Å². The van der Waals surface area contributed by atoms with Crippen molar-refractivity contribution in [3.05, 3.63) is 29.6 Å². The van der Waals surface area contributed by atoms with Gasteiger partial charge < -0.3 is 5.32 Å². The second kappa shape index (κ2) is 3.87. The van der Waals surface area contributed by atoms with Crippen LogP contribution < -0.4 is 5.32 Å². The van der Waals surface area contributed by atoms with Crippen LogP contribution in [0.1, 0.15) is 46.5 Å². The molecule has 0 aliphatic carbocycles. The summed E-state index contributed by atoms with van der Waals surface area (Å²) in [6.45, 7) is 0. The number of piperidine rings is 1. The summed E-state index contributed by atoms with van der Waals surface area (Å²) in [5, 5.41) is 3.53. The normalized spacial score (nSPS) is 32.8. The number of aromatic nitrogens is 1. The molecule has 1 aromatic rings. The number of imide groups is 1. The van der Waals surface area contributed by atoms with Crippen molar-refractivity contribution in [1.29, 1.82) is 0 Å². The van der Waals surface area contributed by atoms with Crippen LogP contribution in [-0.2, 0) is 0 Å². The fourth-order valence-corrected chi connectivity index (χ4v) is 3.65. The molecular weight excluding hydrogens is 242 g/mol. The Hall–Kier alpha value is -1.75. The van der Waals surface area contributed by atoms with Gasteiger partial charge in [0, 0.05) is 24.3 Å². The summed E-state index contributed by atoms with van der Waals surface area (Å²) < 4.78 is 0. The van der Waals surface area contributed by atoms with E-state index in [0.717, 1.165) is 25.7 Å². The molecule has 1 N–H and O–H groups in total. The van der Waals surface area contributed by atoms with Crippen molar-refractivity contribution in [1.82, 2.24) is 15.2 Å². The van der Waals surface area contributed by atoms with E-state index in [1.54, 1.807) is 18.3 Å². The van der Waals surface area contributed by atoms with Crippen LogP contribution in [0.2, 0.25) is 0 Å². The lowest BCUT2D eigenvalue weighted by Gasteiger charge is -2.34.